The van der Waals surface area contributed by atoms with Crippen molar-refractivity contribution in [2.75, 3.05) is 6.54 Å². The van der Waals surface area contributed by atoms with Gasteiger partial charge in [0.15, 0.2) is 0 Å². The predicted molar refractivity (Wildman–Crippen MR) is 61.5 cm³/mol. The molecule has 0 saturated heterocycles. The Hall–Kier alpha value is -0.930. The summed E-state index contributed by atoms with van der Waals surface area (Å²) < 4.78 is 12.7. The summed E-state index contributed by atoms with van der Waals surface area (Å²) in [5.74, 6) is 0.399. The fourth-order valence-corrected chi connectivity index (χ4v) is 2.08. The Morgan fingerprint density at radius 3 is 2.56 bits per heavy atom. The first-order valence-electron chi connectivity index (χ1n) is 5.82. The summed E-state index contributed by atoms with van der Waals surface area (Å²) in [4.78, 5) is 0. The van der Waals surface area contributed by atoms with Crippen LogP contribution in [-0.2, 0) is 0 Å². The van der Waals surface area contributed by atoms with Crippen LogP contribution in [0.3, 0.4) is 0 Å². The van der Waals surface area contributed by atoms with E-state index in [1.165, 1.54) is 12.1 Å². The fraction of sp³-hybridized carbons (Fsp3) is 0.538. The number of hydrogen-bond acceptors (Lipinski definition) is 2. The average molecular weight is 223 g/mol. The van der Waals surface area contributed by atoms with E-state index in [0.717, 1.165) is 24.9 Å². The molecule has 1 aliphatic carbocycles. The van der Waals surface area contributed by atoms with E-state index in [4.69, 9.17) is 5.11 Å². The standard InChI is InChI=1S/C13H18FNO/c1-9(11-2-4-12(14)5-3-11)15-8-10-6-13(16)7-10/h2-5,9-10,13,15-16H,6-8H2,1H3. The van der Waals surface area contributed by atoms with Crippen molar-refractivity contribution in [2.45, 2.75) is 31.9 Å². The fourth-order valence-electron chi connectivity index (χ4n) is 2.08. The molecule has 1 aromatic carbocycles. The van der Waals surface area contributed by atoms with E-state index >= 15 is 0 Å². The summed E-state index contributed by atoms with van der Waals surface area (Å²) in [6.07, 6.45) is 1.72. The van der Waals surface area contributed by atoms with Gasteiger partial charge >= 0.3 is 0 Å². The molecular formula is C13H18FNO. The zero-order valence-corrected chi connectivity index (χ0v) is 9.49. The minimum atomic E-state index is -0.196. The van der Waals surface area contributed by atoms with Crippen molar-refractivity contribution in [3.63, 3.8) is 0 Å². The minimum absolute atomic E-state index is 0.0899. The van der Waals surface area contributed by atoms with Crippen LogP contribution in [0.4, 0.5) is 4.39 Å². The van der Waals surface area contributed by atoms with Gasteiger partial charge in [-0.1, -0.05) is 12.1 Å². The number of aliphatic hydroxyl groups excluding tert-OH is 1. The van der Waals surface area contributed by atoms with Crippen molar-refractivity contribution in [3.8, 4) is 0 Å². The Bertz CT molecular complexity index is 332. The lowest BCUT2D eigenvalue weighted by Gasteiger charge is -2.32. The van der Waals surface area contributed by atoms with Crippen LogP contribution in [0.25, 0.3) is 0 Å². The van der Waals surface area contributed by atoms with Gasteiger partial charge in [0, 0.05) is 6.04 Å². The number of hydrogen-bond donors (Lipinski definition) is 2. The molecule has 1 aromatic rings. The average Bonchev–Trinajstić information content (AvgIpc) is 2.23. The third-order valence-electron chi connectivity index (χ3n) is 3.29. The smallest absolute Gasteiger partial charge is 0.123 e. The lowest BCUT2D eigenvalue weighted by Crippen LogP contribution is -2.36. The number of nitrogens with one attached hydrogen (secondary N) is 1. The summed E-state index contributed by atoms with van der Waals surface area (Å²) in [5.41, 5.74) is 1.10. The zero-order chi connectivity index (χ0) is 11.5. The van der Waals surface area contributed by atoms with Crippen LogP contribution in [0.1, 0.15) is 31.4 Å². The Labute approximate surface area is 95.5 Å². The topological polar surface area (TPSA) is 32.3 Å². The first-order chi connectivity index (χ1) is 7.65. The second-order valence-electron chi connectivity index (χ2n) is 4.67. The second kappa shape index (κ2) is 4.93. The maximum absolute atomic E-state index is 12.7. The van der Waals surface area contributed by atoms with Crippen molar-refractivity contribution in [1.29, 1.82) is 0 Å². The summed E-state index contributed by atoms with van der Waals surface area (Å²) >= 11 is 0. The molecular weight excluding hydrogens is 205 g/mol. The zero-order valence-electron chi connectivity index (χ0n) is 9.49. The molecule has 2 nitrogen and oxygen atoms in total. The van der Waals surface area contributed by atoms with Crippen LogP contribution in [0.15, 0.2) is 24.3 Å². The van der Waals surface area contributed by atoms with Gasteiger partial charge in [-0.15, -0.1) is 0 Å². The lowest BCUT2D eigenvalue weighted by atomic mass is 9.82. The van der Waals surface area contributed by atoms with E-state index < -0.39 is 0 Å². The quantitative estimate of drug-likeness (QED) is 0.820. The molecule has 1 saturated carbocycles. The molecule has 88 valence electrons. The van der Waals surface area contributed by atoms with Crippen LogP contribution < -0.4 is 5.32 Å². The van der Waals surface area contributed by atoms with E-state index in [0.29, 0.717) is 5.92 Å². The van der Waals surface area contributed by atoms with Gasteiger partial charge in [0.05, 0.1) is 6.10 Å². The van der Waals surface area contributed by atoms with Gasteiger partial charge in [-0.2, -0.15) is 0 Å². The number of halogens is 1. The van der Waals surface area contributed by atoms with Crippen molar-refractivity contribution in [3.05, 3.63) is 35.6 Å². The van der Waals surface area contributed by atoms with E-state index in [1.54, 1.807) is 0 Å². The Morgan fingerprint density at radius 2 is 2.00 bits per heavy atom. The highest BCUT2D eigenvalue weighted by atomic mass is 19.1. The van der Waals surface area contributed by atoms with Gasteiger partial charge in [-0.25, -0.2) is 4.39 Å². The van der Waals surface area contributed by atoms with Crippen molar-refractivity contribution >= 4 is 0 Å². The monoisotopic (exact) mass is 223 g/mol. The molecule has 0 aromatic heterocycles. The maximum Gasteiger partial charge on any atom is 0.123 e. The van der Waals surface area contributed by atoms with Gasteiger partial charge < -0.3 is 10.4 Å². The summed E-state index contributed by atoms with van der Waals surface area (Å²) in [6.45, 7) is 3.00. The molecule has 0 bridgehead atoms. The summed E-state index contributed by atoms with van der Waals surface area (Å²) in [7, 11) is 0. The van der Waals surface area contributed by atoms with Gasteiger partial charge in [0.2, 0.25) is 0 Å². The minimum Gasteiger partial charge on any atom is -0.393 e. The Morgan fingerprint density at radius 1 is 1.38 bits per heavy atom. The molecule has 0 heterocycles. The molecule has 1 atom stereocenters. The highest BCUT2D eigenvalue weighted by Crippen LogP contribution is 2.27. The molecule has 0 radical (unpaired) electrons. The van der Waals surface area contributed by atoms with Gasteiger partial charge in [0.25, 0.3) is 0 Å². The molecule has 0 amide bonds. The third-order valence-corrected chi connectivity index (χ3v) is 3.29. The Balaban J connectivity index is 1.79. The number of benzene rings is 1. The van der Waals surface area contributed by atoms with Gasteiger partial charge in [-0.05, 0) is 49.9 Å². The second-order valence-corrected chi connectivity index (χ2v) is 4.67. The molecule has 0 aliphatic heterocycles. The van der Waals surface area contributed by atoms with E-state index in [9.17, 15) is 4.39 Å². The summed E-state index contributed by atoms with van der Waals surface area (Å²) in [5, 5.41) is 12.6. The van der Waals surface area contributed by atoms with Crippen LogP contribution in [0.5, 0.6) is 0 Å². The van der Waals surface area contributed by atoms with Crippen molar-refractivity contribution < 1.29 is 9.50 Å². The molecule has 1 fully saturated rings. The van der Waals surface area contributed by atoms with E-state index in [1.807, 2.05) is 12.1 Å². The van der Waals surface area contributed by atoms with Crippen molar-refractivity contribution in [1.82, 2.24) is 5.32 Å². The first-order valence-corrected chi connectivity index (χ1v) is 5.82. The number of aliphatic hydroxyl groups is 1. The highest BCUT2D eigenvalue weighted by Gasteiger charge is 2.26. The molecule has 1 aliphatic rings. The molecule has 2 rings (SSSR count). The van der Waals surface area contributed by atoms with Crippen LogP contribution in [-0.4, -0.2) is 17.8 Å². The van der Waals surface area contributed by atoms with Gasteiger partial charge in [-0.3, -0.25) is 0 Å². The SMILES string of the molecule is CC(NCC1CC(O)C1)c1ccc(F)cc1. The Kier molecular flexibility index (Phi) is 3.56. The van der Waals surface area contributed by atoms with Gasteiger partial charge in [0.1, 0.15) is 5.82 Å². The molecule has 1 unspecified atom stereocenters. The number of rotatable bonds is 4. The van der Waals surface area contributed by atoms with Crippen LogP contribution in [0.2, 0.25) is 0 Å². The largest absolute Gasteiger partial charge is 0.393 e. The molecule has 16 heavy (non-hydrogen) atoms. The highest BCUT2D eigenvalue weighted by molar-refractivity contribution is 5.19. The summed E-state index contributed by atoms with van der Waals surface area (Å²) in [6, 6.07) is 6.82. The molecule has 3 heteroatoms. The molecule has 2 N–H and O–H groups in total. The van der Waals surface area contributed by atoms with Crippen LogP contribution >= 0.6 is 0 Å². The predicted octanol–water partition coefficient (Wildman–Crippen LogP) is 2.25. The van der Waals surface area contributed by atoms with Crippen molar-refractivity contribution in [2.24, 2.45) is 5.92 Å². The van der Waals surface area contributed by atoms with E-state index in [2.05, 4.69) is 12.2 Å². The third kappa shape index (κ3) is 2.80. The first kappa shape index (κ1) is 11.6. The lowest BCUT2D eigenvalue weighted by molar-refractivity contribution is 0.0420. The normalized spacial score (nSPS) is 26.2. The molecule has 0 spiro atoms. The van der Waals surface area contributed by atoms with Crippen LogP contribution in [0, 0.1) is 11.7 Å². The van der Waals surface area contributed by atoms with E-state index in [-0.39, 0.29) is 18.0 Å². The maximum atomic E-state index is 12.7.